The fourth-order valence-electron chi connectivity index (χ4n) is 4.44. The summed E-state index contributed by atoms with van der Waals surface area (Å²) in [5.41, 5.74) is 1.14. The van der Waals surface area contributed by atoms with Gasteiger partial charge >= 0.3 is 6.03 Å². The quantitative estimate of drug-likeness (QED) is 0.487. The van der Waals surface area contributed by atoms with Crippen LogP contribution in [0.5, 0.6) is 5.75 Å². The van der Waals surface area contributed by atoms with E-state index in [1.807, 2.05) is 43.3 Å². The molecule has 2 fully saturated rings. The summed E-state index contributed by atoms with van der Waals surface area (Å²) < 4.78 is 6.88. The number of benzene rings is 2. The first-order valence-corrected chi connectivity index (χ1v) is 11.7. The van der Waals surface area contributed by atoms with E-state index in [-0.39, 0.29) is 0 Å². The molecule has 5 rings (SSSR count). The zero-order chi connectivity index (χ0) is 24.6. The van der Waals surface area contributed by atoms with Crippen LogP contribution in [-0.4, -0.2) is 46.2 Å². The molecule has 2 N–H and O–H groups in total. The van der Waals surface area contributed by atoms with E-state index >= 15 is 0 Å². The lowest BCUT2D eigenvalue weighted by atomic mass is 9.87. The summed E-state index contributed by atoms with van der Waals surface area (Å²) in [7, 11) is 1.56. The predicted molar refractivity (Wildman–Crippen MR) is 129 cm³/mol. The molecule has 0 bridgehead atoms. The van der Waals surface area contributed by atoms with Crippen LogP contribution in [0.3, 0.4) is 0 Å². The van der Waals surface area contributed by atoms with Gasteiger partial charge in [-0.05, 0) is 49.1 Å². The largest absolute Gasteiger partial charge is 0.497 e. The maximum Gasteiger partial charge on any atom is 0.325 e. The average Bonchev–Trinajstić information content (AvgIpc) is 3.61. The lowest BCUT2D eigenvalue weighted by Gasteiger charge is -2.26. The van der Waals surface area contributed by atoms with E-state index in [2.05, 4.69) is 15.7 Å². The van der Waals surface area contributed by atoms with Crippen molar-refractivity contribution in [2.24, 2.45) is 0 Å². The molecule has 9 nitrogen and oxygen atoms in total. The van der Waals surface area contributed by atoms with Crippen molar-refractivity contribution in [2.75, 3.05) is 19.0 Å². The van der Waals surface area contributed by atoms with Crippen LogP contribution in [0.15, 0.2) is 60.7 Å². The Morgan fingerprint density at radius 3 is 2.49 bits per heavy atom. The summed E-state index contributed by atoms with van der Waals surface area (Å²) in [6, 6.07) is 17.8. The predicted octanol–water partition coefficient (Wildman–Crippen LogP) is 3.55. The Bertz CT molecular complexity index is 1270. The van der Waals surface area contributed by atoms with Crippen LogP contribution in [0, 0.1) is 0 Å². The number of amides is 4. The van der Waals surface area contributed by atoms with E-state index in [9.17, 15) is 14.4 Å². The van der Waals surface area contributed by atoms with E-state index in [1.165, 1.54) is 0 Å². The Labute approximate surface area is 203 Å². The highest BCUT2D eigenvalue weighted by molar-refractivity contribution is 6.10. The van der Waals surface area contributed by atoms with Gasteiger partial charge in [-0.3, -0.25) is 14.5 Å². The maximum atomic E-state index is 13.4. The van der Waals surface area contributed by atoms with Crippen LogP contribution in [0.25, 0.3) is 5.69 Å². The van der Waals surface area contributed by atoms with Crippen molar-refractivity contribution in [3.8, 4) is 11.4 Å². The SMILES string of the molecule is CC[C@]1(c2ccc(OC)cc2)NC(=O)N(CC(=O)Nc2cc(C3CC3)nn2-c2ccccc2)C1=O. The average molecular weight is 474 g/mol. The van der Waals surface area contributed by atoms with E-state index in [4.69, 9.17) is 4.74 Å². The molecule has 1 aliphatic heterocycles. The highest BCUT2D eigenvalue weighted by Crippen LogP contribution is 2.40. The number of carbonyl (C=O) groups is 3. The number of rotatable bonds is 8. The Morgan fingerprint density at radius 2 is 1.86 bits per heavy atom. The highest BCUT2D eigenvalue weighted by atomic mass is 16.5. The van der Waals surface area contributed by atoms with E-state index in [0.717, 1.165) is 29.1 Å². The third kappa shape index (κ3) is 4.14. The van der Waals surface area contributed by atoms with Crippen LogP contribution in [0.2, 0.25) is 0 Å². The van der Waals surface area contributed by atoms with Crippen molar-refractivity contribution < 1.29 is 19.1 Å². The summed E-state index contributed by atoms with van der Waals surface area (Å²) in [5, 5.41) is 10.3. The van der Waals surface area contributed by atoms with Crippen LogP contribution >= 0.6 is 0 Å². The Kier molecular flexibility index (Phi) is 5.76. The van der Waals surface area contributed by atoms with Crippen LogP contribution < -0.4 is 15.4 Å². The topological polar surface area (TPSA) is 106 Å². The van der Waals surface area contributed by atoms with Gasteiger partial charge in [-0.25, -0.2) is 9.48 Å². The molecule has 35 heavy (non-hydrogen) atoms. The monoisotopic (exact) mass is 473 g/mol. The number of aromatic nitrogens is 2. The van der Waals surface area contributed by atoms with Crippen LogP contribution in [-0.2, 0) is 15.1 Å². The second kappa shape index (κ2) is 8.90. The Hall–Kier alpha value is -4.14. The zero-order valence-corrected chi connectivity index (χ0v) is 19.7. The van der Waals surface area contributed by atoms with Gasteiger partial charge in [0.2, 0.25) is 5.91 Å². The molecule has 1 aromatic heterocycles. The minimum atomic E-state index is -1.23. The van der Waals surface area contributed by atoms with Gasteiger partial charge in [-0.15, -0.1) is 0 Å². The summed E-state index contributed by atoms with van der Waals surface area (Å²) in [4.78, 5) is 40.2. The smallest absolute Gasteiger partial charge is 0.325 e. The van der Waals surface area contributed by atoms with Crippen molar-refractivity contribution in [2.45, 2.75) is 37.6 Å². The lowest BCUT2D eigenvalue weighted by molar-refractivity contribution is -0.134. The summed E-state index contributed by atoms with van der Waals surface area (Å²) in [6.45, 7) is 1.42. The first-order chi connectivity index (χ1) is 16.9. The number of para-hydroxylation sites is 1. The summed E-state index contributed by atoms with van der Waals surface area (Å²) >= 11 is 0. The van der Waals surface area contributed by atoms with Crippen LogP contribution in [0.4, 0.5) is 10.6 Å². The fourth-order valence-corrected chi connectivity index (χ4v) is 4.44. The molecule has 2 aromatic carbocycles. The molecule has 1 aliphatic carbocycles. The number of urea groups is 1. The van der Waals surface area contributed by atoms with E-state index < -0.39 is 29.9 Å². The number of imide groups is 1. The number of carbonyl (C=O) groups excluding carboxylic acids is 3. The zero-order valence-electron chi connectivity index (χ0n) is 19.7. The molecular weight excluding hydrogens is 446 g/mol. The minimum Gasteiger partial charge on any atom is -0.497 e. The molecule has 1 atom stereocenters. The molecule has 4 amide bonds. The number of hydrogen-bond donors (Lipinski definition) is 2. The van der Waals surface area contributed by atoms with Crippen molar-refractivity contribution in [1.82, 2.24) is 20.0 Å². The minimum absolute atomic E-state index is 0.341. The van der Waals surface area contributed by atoms with E-state index in [1.54, 1.807) is 36.1 Å². The second-order valence-electron chi connectivity index (χ2n) is 8.83. The number of methoxy groups -OCH3 is 1. The van der Waals surface area contributed by atoms with Gasteiger partial charge in [0.15, 0.2) is 0 Å². The Morgan fingerprint density at radius 1 is 1.14 bits per heavy atom. The molecule has 0 unspecified atom stereocenters. The number of anilines is 1. The lowest BCUT2D eigenvalue weighted by Crippen LogP contribution is -2.44. The van der Waals surface area contributed by atoms with Crippen molar-refractivity contribution in [1.29, 1.82) is 0 Å². The first kappa shape index (κ1) is 22.6. The van der Waals surface area contributed by atoms with Gasteiger partial charge in [-0.1, -0.05) is 37.3 Å². The van der Waals surface area contributed by atoms with Gasteiger partial charge in [-0.2, -0.15) is 5.10 Å². The van der Waals surface area contributed by atoms with Gasteiger partial charge in [0, 0.05) is 12.0 Å². The second-order valence-corrected chi connectivity index (χ2v) is 8.83. The molecular formula is C26H27N5O4. The summed E-state index contributed by atoms with van der Waals surface area (Å²) in [5.74, 6) is 0.618. The molecule has 2 aliphatic rings. The van der Waals surface area contributed by atoms with Gasteiger partial charge in [0.05, 0.1) is 18.5 Å². The molecule has 0 radical (unpaired) electrons. The first-order valence-electron chi connectivity index (χ1n) is 11.7. The fraction of sp³-hybridized carbons (Fsp3) is 0.308. The van der Waals surface area contributed by atoms with Crippen molar-refractivity contribution in [3.63, 3.8) is 0 Å². The van der Waals surface area contributed by atoms with Crippen molar-refractivity contribution >= 4 is 23.7 Å². The molecule has 1 saturated heterocycles. The van der Waals surface area contributed by atoms with Gasteiger partial charge in [0.25, 0.3) is 5.91 Å². The van der Waals surface area contributed by atoms with E-state index in [0.29, 0.717) is 29.5 Å². The molecule has 9 heteroatoms. The van der Waals surface area contributed by atoms with Crippen molar-refractivity contribution in [3.05, 3.63) is 71.9 Å². The standard InChI is InChI=1S/C26H27N5O4/c1-3-26(18-11-13-20(35-2)14-12-18)24(33)30(25(34)28-26)16-23(32)27-22-15-21(17-9-10-17)29-31(22)19-7-5-4-6-8-19/h4-8,11-15,17H,3,9-10,16H2,1-2H3,(H,27,32)(H,28,34)/t26-/m1/s1. The molecule has 1 saturated carbocycles. The molecule has 0 spiro atoms. The normalized spacial score (nSPS) is 19.5. The number of hydrogen-bond acceptors (Lipinski definition) is 5. The molecule has 180 valence electrons. The van der Waals surface area contributed by atoms with Gasteiger partial charge in [0.1, 0.15) is 23.7 Å². The number of ether oxygens (including phenoxy) is 1. The third-order valence-corrected chi connectivity index (χ3v) is 6.58. The third-order valence-electron chi connectivity index (χ3n) is 6.58. The Balaban J connectivity index is 1.36. The maximum absolute atomic E-state index is 13.4. The highest BCUT2D eigenvalue weighted by Gasteiger charge is 2.51. The molecule has 2 heterocycles. The van der Waals surface area contributed by atoms with Crippen LogP contribution in [0.1, 0.15) is 43.4 Å². The van der Waals surface area contributed by atoms with Gasteiger partial charge < -0.3 is 15.4 Å². The number of nitrogens with zero attached hydrogens (tertiary/aromatic N) is 3. The molecule has 3 aromatic rings. The number of nitrogens with one attached hydrogen (secondary N) is 2. The summed E-state index contributed by atoms with van der Waals surface area (Å²) in [6.07, 6.45) is 2.49.